The molecule has 106 valence electrons. The normalized spacial score (nSPS) is 19.3. The van der Waals surface area contributed by atoms with Crippen LogP contribution in [0.15, 0.2) is 24.3 Å². The lowest BCUT2D eigenvalue weighted by molar-refractivity contribution is -0.00603. The van der Waals surface area contributed by atoms with E-state index in [-0.39, 0.29) is 0 Å². The molecule has 0 saturated carbocycles. The lowest BCUT2D eigenvalue weighted by Gasteiger charge is -2.35. The summed E-state index contributed by atoms with van der Waals surface area (Å²) >= 11 is 0. The number of ether oxygens (including phenoxy) is 1. The van der Waals surface area contributed by atoms with Crippen molar-refractivity contribution in [3.05, 3.63) is 24.3 Å². The first-order chi connectivity index (χ1) is 9.05. The number of likely N-dealkylation sites (tertiary alicyclic amines) is 1. The van der Waals surface area contributed by atoms with Crippen molar-refractivity contribution < 1.29 is 9.84 Å². The molecule has 0 aromatic heterocycles. The van der Waals surface area contributed by atoms with Crippen molar-refractivity contribution in [2.24, 2.45) is 0 Å². The molecule has 1 aliphatic rings. The van der Waals surface area contributed by atoms with Crippen LogP contribution in [0.5, 0.6) is 5.75 Å². The van der Waals surface area contributed by atoms with Gasteiger partial charge in [-0.25, -0.2) is 0 Å². The molecule has 3 N–H and O–H groups in total. The number of nitrogen functional groups attached to an aromatic ring is 1. The molecule has 4 heteroatoms. The first kappa shape index (κ1) is 14.2. The van der Waals surface area contributed by atoms with Crippen molar-refractivity contribution in [3.63, 3.8) is 0 Å². The second-order valence-electron chi connectivity index (χ2n) is 5.61. The molecule has 1 aliphatic heterocycles. The minimum absolute atomic E-state index is 0.464. The maximum absolute atomic E-state index is 9.88. The van der Waals surface area contributed by atoms with Crippen LogP contribution in [0.2, 0.25) is 0 Å². The van der Waals surface area contributed by atoms with Crippen LogP contribution < -0.4 is 10.5 Å². The van der Waals surface area contributed by atoms with E-state index in [1.807, 2.05) is 31.2 Å². The second-order valence-corrected chi connectivity index (χ2v) is 5.61. The Labute approximate surface area is 115 Å². The lowest BCUT2D eigenvalue weighted by atomic mass is 9.94. The molecule has 0 amide bonds. The molecule has 4 nitrogen and oxygen atoms in total. The van der Waals surface area contributed by atoms with Crippen LogP contribution in [0.1, 0.15) is 26.2 Å². The Morgan fingerprint density at radius 1 is 1.37 bits per heavy atom. The highest BCUT2D eigenvalue weighted by atomic mass is 16.5. The molecule has 0 bridgehead atoms. The van der Waals surface area contributed by atoms with Gasteiger partial charge in [-0.05, 0) is 38.3 Å². The van der Waals surface area contributed by atoms with Crippen LogP contribution in [0, 0.1) is 0 Å². The summed E-state index contributed by atoms with van der Waals surface area (Å²) in [7, 11) is 0. The van der Waals surface area contributed by atoms with Gasteiger partial charge in [-0.15, -0.1) is 0 Å². The third-order valence-corrected chi connectivity index (χ3v) is 3.68. The maximum atomic E-state index is 9.88. The highest BCUT2D eigenvalue weighted by Gasteiger charge is 2.26. The third-order valence-electron chi connectivity index (χ3n) is 3.68. The van der Waals surface area contributed by atoms with Gasteiger partial charge in [0.1, 0.15) is 5.75 Å². The average molecular weight is 264 g/mol. The van der Waals surface area contributed by atoms with Crippen molar-refractivity contribution in [1.82, 2.24) is 4.90 Å². The minimum Gasteiger partial charge on any atom is -0.493 e. The van der Waals surface area contributed by atoms with Crippen molar-refractivity contribution in [1.29, 1.82) is 0 Å². The van der Waals surface area contributed by atoms with E-state index < -0.39 is 5.60 Å². The molecule has 2 rings (SSSR count). The van der Waals surface area contributed by atoms with E-state index in [0.29, 0.717) is 6.61 Å². The second kappa shape index (κ2) is 6.26. The van der Waals surface area contributed by atoms with Crippen molar-refractivity contribution in [2.45, 2.75) is 31.8 Å². The first-order valence-electron chi connectivity index (χ1n) is 6.98. The van der Waals surface area contributed by atoms with Gasteiger partial charge < -0.3 is 20.5 Å². The topological polar surface area (TPSA) is 58.7 Å². The molecular weight excluding hydrogens is 240 g/mol. The van der Waals surface area contributed by atoms with Gasteiger partial charge in [0.05, 0.1) is 12.2 Å². The number of piperidine rings is 1. The van der Waals surface area contributed by atoms with E-state index in [4.69, 9.17) is 10.5 Å². The Bertz CT molecular complexity index is 397. The molecule has 1 aromatic rings. The summed E-state index contributed by atoms with van der Waals surface area (Å²) in [6, 6.07) is 7.52. The summed E-state index contributed by atoms with van der Waals surface area (Å²) in [5.41, 5.74) is 5.96. The van der Waals surface area contributed by atoms with Crippen molar-refractivity contribution >= 4 is 5.69 Å². The molecule has 0 atom stereocenters. The molecule has 19 heavy (non-hydrogen) atoms. The van der Waals surface area contributed by atoms with Gasteiger partial charge in [0.25, 0.3) is 0 Å². The molecule has 1 aromatic carbocycles. The largest absolute Gasteiger partial charge is 0.493 e. The molecule has 1 saturated heterocycles. The molecule has 1 fully saturated rings. The predicted octanol–water partition coefficient (Wildman–Crippen LogP) is 1.88. The van der Waals surface area contributed by atoms with E-state index in [1.165, 1.54) is 0 Å². The number of nitrogens with two attached hydrogens (primary N) is 1. The lowest BCUT2D eigenvalue weighted by Crippen LogP contribution is -2.42. The Balaban J connectivity index is 1.62. The zero-order chi connectivity index (χ0) is 13.7. The summed E-state index contributed by atoms with van der Waals surface area (Å²) in [6.07, 6.45) is 2.73. The fourth-order valence-corrected chi connectivity index (χ4v) is 2.34. The fourth-order valence-electron chi connectivity index (χ4n) is 2.34. The van der Waals surface area contributed by atoms with E-state index in [2.05, 4.69) is 4.90 Å². The number of nitrogens with zero attached hydrogens (tertiary/aromatic N) is 1. The molecule has 0 radical (unpaired) electrons. The predicted molar refractivity (Wildman–Crippen MR) is 77.3 cm³/mol. The minimum atomic E-state index is -0.464. The van der Waals surface area contributed by atoms with Gasteiger partial charge in [-0.2, -0.15) is 0 Å². The van der Waals surface area contributed by atoms with Gasteiger partial charge in [0.2, 0.25) is 0 Å². The summed E-state index contributed by atoms with van der Waals surface area (Å²) in [5, 5.41) is 9.88. The number of hydrogen-bond donors (Lipinski definition) is 2. The number of benzene rings is 1. The smallest absolute Gasteiger partial charge is 0.121 e. The maximum Gasteiger partial charge on any atom is 0.121 e. The number of hydrogen-bond acceptors (Lipinski definition) is 4. The first-order valence-corrected chi connectivity index (χ1v) is 6.98. The average Bonchev–Trinajstić information content (AvgIpc) is 2.36. The highest BCUT2D eigenvalue weighted by molar-refractivity contribution is 5.43. The zero-order valence-corrected chi connectivity index (χ0v) is 11.6. The van der Waals surface area contributed by atoms with Gasteiger partial charge in [-0.1, -0.05) is 6.07 Å². The standard InChI is InChI=1S/C15H24N2O2/c1-15(18)6-9-17(10-7-15)8-3-11-19-14-5-2-4-13(16)12-14/h2,4-5,12,18H,3,6-11,16H2,1H3. The summed E-state index contributed by atoms with van der Waals surface area (Å²) in [4.78, 5) is 2.39. The van der Waals surface area contributed by atoms with Crippen LogP contribution >= 0.6 is 0 Å². The number of anilines is 1. The van der Waals surface area contributed by atoms with Crippen molar-refractivity contribution in [3.8, 4) is 5.75 Å². The van der Waals surface area contributed by atoms with Crippen molar-refractivity contribution in [2.75, 3.05) is 32.0 Å². The number of rotatable bonds is 5. The van der Waals surface area contributed by atoms with Gasteiger partial charge in [-0.3, -0.25) is 0 Å². The zero-order valence-electron chi connectivity index (χ0n) is 11.6. The monoisotopic (exact) mass is 264 g/mol. The molecule has 0 aliphatic carbocycles. The van der Waals surface area contributed by atoms with Crippen LogP contribution in [-0.4, -0.2) is 41.8 Å². The molecule has 0 spiro atoms. The fraction of sp³-hybridized carbons (Fsp3) is 0.600. The van der Waals surface area contributed by atoms with E-state index in [1.54, 1.807) is 0 Å². The Hall–Kier alpha value is -1.26. The Morgan fingerprint density at radius 2 is 2.11 bits per heavy atom. The molecular formula is C15H24N2O2. The van der Waals surface area contributed by atoms with E-state index >= 15 is 0 Å². The van der Waals surface area contributed by atoms with Crippen LogP contribution in [-0.2, 0) is 0 Å². The molecule has 1 heterocycles. The molecule has 0 unspecified atom stereocenters. The number of aliphatic hydroxyl groups is 1. The van der Waals surface area contributed by atoms with Gasteiger partial charge >= 0.3 is 0 Å². The Morgan fingerprint density at radius 3 is 2.79 bits per heavy atom. The Kier molecular flexibility index (Phi) is 4.66. The highest BCUT2D eigenvalue weighted by Crippen LogP contribution is 2.21. The van der Waals surface area contributed by atoms with Crippen LogP contribution in [0.4, 0.5) is 5.69 Å². The van der Waals surface area contributed by atoms with E-state index in [0.717, 1.165) is 50.3 Å². The van der Waals surface area contributed by atoms with Crippen LogP contribution in [0.3, 0.4) is 0 Å². The van der Waals surface area contributed by atoms with Gasteiger partial charge in [0.15, 0.2) is 0 Å². The quantitative estimate of drug-likeness (QED) is 0.630. The van der Waals surface area contributed by atoms with Gasteiger partial charge in [0, 0.05) is 31.4 Å². The summed E-state index contributed by atoms with van der Waals surface area (Å²) in [5.74, 6) is 0.835. The van der Waals surface area contributed by atoms with Crippen LogP contribution in [0.25, 0.3) is 0 Å². The third kappa shape index (κ3) is 4.73. The van der Waals surface area contributed by atoms with E-state index in [9.17, 15) is 5.11 Å². The summed E-state index contributed by atoms with van der Waals surface area (Å²) in [6.45, 7) is 5.61. The SMILES string of the molecule is CC1(O)CCN(CCCOc2cccc(N)c2)CC1. The summed E-state index contributed by atoms with van der Waals surface area (Å²) < 4.78 is 5.66.